The van der Waals surface area contributed by atoms with Crippen LogP contribution >= 0.6 is 0 Å². The molecule has 0 radical (unpaired) electrons. The second-order valence-electron chi connectivity index (χ2n) is 2.26. The first-order valence-electron chi connectivity index (χ1n) is 3.29. The number of hydrogen-bond donors (Lipinski definition) is 1. The van der Waals surface area contributed by atoms with Gasteiger partial charge in [0.15, 0.2) is 0 Å². The molecular weight excluding hydrogens is 157 g/mol. The summed E-state index contributed by atoms with van der Waals surface area (Å²) in [7, 11) is 0. The van der Waals surface area contributed by atoms with Crippen LogP contribution in [0, 0.1) is 0 Å². The van der Waals surface area contributed by atoms with E-state index in [0.717, 1.165) is 0 Å². The maximum Gasteiger partial charge on any atom is 0.125 e. The molecule has 0 aliphatic heterocycles. The summed E-state index contributed by atoms with van der Waals surface area (Å²) in [6, 6.07) is 4.14. The van der Waals surface area contributed by atoms with Crippen molar-refractivity contribution in [3.63, 3.8) is 0 Å². The van der Waals surface area contributed by atoms with Gasteiger partial charge in [0.1, 0.15) is 11.6 Å². The molecule has 1 aromatic carbocycles. The van der Waals surface area contributed by atoms with E-state index in [0.29, 0.717) is 5.69 Å². The van der Waals surface area contributed by atoms with Crippen molar-refractivity contribution < 1.29 is 9.50 Å². The van der Waals surface area contributed by atoms with Crippen molar-refractivity contribution >= 4 is 18.2 Å². The maximum atomic E-state index is 12.7. The van der Waals surface area contributed by atoms with Crippen LogP contribution in [0.4, 0.5) is 10.1 Å². The van der Waals surface area contributed by atoms with Crippen LogP contribution in [-0.2, 0) is 0 Å². The Morgan fingerprint density at radius 2 is 2.17 bits per heavy atom. The minimum Gasteiger partial charge on any atom is -0.508 e. The van der Waals surface area contributed by atoms with Crippen molar-refractivity contribution in [1.29, 1.82) is 0 Å². The first-order valence-corrected chi connectivity index (χ1v) is 3.29. The fourth-order valence-corrected chi connectivity index (χ4v) is 0.879. The molecule has 0 heterocycles. The molecule has 0 spiro atoms. The van der Waals surface area contributed by atoms with Gasteiger partial charge in [-0.05, 0) is 24.9 Å². The second-order valence-corrected chi connectivity index (χ2v) is 2.26. The van der Waals surface area contributed by atoms with Crippen molar-refractivity contribution in [2.24, 2.45) is 4.99 Å². The third-order valence-corrected chi connectivity index (χ3v) is 1.44. The SMILES string of the molecule is C=Nc1ccc(O)cc1C(=C)F. The molecule has 0 fully saturated rings. The number of aliphatic imine (C=N–C) groups is 1. The number of phenolic OH excluding ortho intramolecular Hbond substituents is 1. The average Bonchev–Trinajstić information content (AvgIpc) is 2.04. The molecule has 0 aliphatic carbocycles. The number of phenols is 1. The molecule has 0 atom stereocenters. The predicted octanol–water partition coefficient (Wildman–Crippen LogP) is 2.66. The maximum absolute atomic E-state index is 12.7. The first-order chi connectivity index (χ1) is 5.65. The molecule has 0 amide bonds. The average molecular weight is 165 g/mol. The molecule has 12 heavy (non-hydrogen) atoms. The Kier molecular flexibility index (Phi) is 2.24. The molecule has 0 bridgehead atoms. The number of rotatable bonds is 2. The van der Waals surface area contributed by atoms with Gasteiger partial charge in [-0.15, -0.1) is 0 Å². The summed E-state index contributed by atoms with van der Waals surface area (Å²) >= 11 is 0. The Morgan fingerprint density at radius 3 is 2.67 bits per heavy atom. The summed E-state index contributed by atoms with van der Waals surface area (Å²) in [5, 5.41) is 9.01. The van der Waals surface area contributed by atoms with Crippen LogP contribution in [0.5, 0.6) is 5.75 Å². The quantitative estimate of drug-likeness (QED) is 0.671. The Hall–Kier alpha value is -1.64. The smallest absolute Gasteiger partial charge is 0.125 e. The Labute approximate surface area is 69.7 Å². The number of halogens is 1. The highest BCUT2D eigenvalue weighted by atomic mass is 19.1. The molecule has 0 aromatic heterocycles. The van der Waals surface area contributed by atoms with E-state index < -0.39 is 5.83 Å². The van der Waals surface area contributed by atoms with E-state index in [4.69, 9.17) is 5.11 Å². The fourth-order valence-electron chi connectivity index (χ4n) is 0.879. The van der Waals surface area contributed by atoms with E-state index in [9.17, 15) is 4.39 Å². The number of aromatic hydroxyl groups is 1. The lowest BCUT2D eigenvalue weighted by molar-refractivity contribution is 0.475. The van der Waals surface area contributed by atoms with E-state index in [1.54, 1.807) is 0 Å². The molecule has 1 aromatic rings. The number of benzene rings is 1. The summed E-state index contributed by atoms with van der Waals surface area (Å²) in [5.41, 5.74) is 0.547. The first kappa shape index (κ1) is 8.46. The van der Waals surface area contributed by atoms with Crippen molar-refractivity contribution in [1.82, 2.24) is 0 Å². The summed E-state index contributed by atoms with van der Waals surface area (Å²) in [6.45, 7) is 6.37. The molecular formula is C9H8FNO. The van der Waals surface area contributed by atoms with Gasteiger partial charge in [-0.3, -0.25) is 4.99 Å². The minimum absolute atomic E-state index is 0.0174. The molecule has 62 valence electrons. The van der Waals surface area contributed by atoms with Crippen LogP contribution in [-0.4, -0.2) is 11.8 Å². The van der Waals surface area contributed by atoms with Gasteiger partial charge >= 0.3 is 0 Å². The molecule has 0 aliphatic rings. The standard InChI is InChI=1S/C9H8FNO/c1-6(10)8-5-7(12)3-4-9(8)11-2/h3-5,12H,1-2H2. The van der Waals surface area contributed by atoms with Crippen LogP contribution in [0.1, 0.15) is 5.56 Å². The Bertz CT molecular complexity index is 333. The van der Waals surface area contributed by atoms with Crippen molar-refractivity contribution in [2.45, 2.75) is 0 Å². The zero-order valence-electron chi connectivity index (χ0n) is 6.42. The van der Waals surface area contributed by atoms with Crippen molar-refractivity contribution in [2.75, 3.05) is 0 Å². The zero-order valence-corrected chi connectivity index (χ0v) is 6.42. The highest BCUT2D eigenvalue weighted by Crippen LogP contribution is 2.29. The monoisotopic (exact) mass is 165 g/mol. The zero-order chi connectivity index (χ0) is 9.14. The van der Waals surface area contributed by atoms with E-state index >= 15 is 0 Å². The van der Waals surface area contributed by atoms with Crippen LogP contribution in [0.2, 0.25) is 0 Å². The number of hydrogen-bond acceptors (Lipinski definition) is 2. The molecule has 2 nitrogen and oxygen atoms in total. The van der Waals surface area contributed by atoms with E-state index in [1.807, 2.05) is 0 Å². The highest BCUT2D eigenvalue weighted by Gasteiger charge is 2.04. The molecule has 0 saturated heterocycles. The second kappa shape index (κ2) is 3.17. The number of nitrogens with zero attached hydrogens (tertiary/aromatic N) is 1. The van der Waals surface area contributed by atoms with E-state index in [-0.39, 0.29) is 11.3 Å². The fraction of sp³-hybridized carbons (Fsp3) is 0. The largest absolute Gasteiger partial charge is 0.508 e. The third kappa shape index (κ3) is 1.50. The lowest BCUT2D eigenvalue weighted by Crippen LogP contribution is -1.77. The van der Waals surface area contributed by atoms with Gasteiger partial charge in [-0.2, -0.15) is 0 Å². The van der Waals surface area contributed by atoms with E-state index in [2.05, 4.69) is 18.3 Å². The Balaban J connectivity index is 3.30. The van der Waals surface area contributed by atoms with Crippen LogP contribution in [0.25, 0.3) is 5.83 Å². The van der Waals surface area contributed by atoms with Crippen LogP contribution in [0.15, 0.2) is 29.8 Å². The minimum atomic E-state index is -0.631. The van der Waals surface area contributed by atoms with Gasteiger partial charge in [0.2, 0.25) is 0 Å². The Morgan fingerprint density at radius 1 is 1.50 bits per heavy atom. The van der Waals surface area contributed by atoms with E-state index in [1.165, 1.54) is 18.2 Å². The van der Waals surface area contributed by atoms with Gasteiger partial charge in [-0.1, -0.05) is 6.58 Å². The summed E-state index contributed by atoms with van der Waals surface area (Å²) < 4.78 is 12.7. The molecule has 0 saturated carbocycles. The van der Waals surface area contributed by atoms with Crippen LogP contribution < -0.4 is 0 Å². The molecule has 1 rings (SSSR count). The molecule has 0 unspecified atom stereocenters. The van der Waals surface area contributed by atoms with Crippen molar-refractivity contribution in [3.8, 4) is 5.75 Å². The van der Waals surface area contributed by atoms with Gasteiger partial charge in [0.05, 0.1) is 5.69 Å². The summed E-state index contributed by atoms with van der Waals surface area (Å²) in [5.74, 6) is -0.649. The molecule has 3 heteroatoms. The summed E-state index contributed by atoms with van der Waals surface area (Å²) in [4.78, 5) is 3.57. The topological polar surface area (TPSA) is 32.6 Å². The van der Waals surface area contributed by atoms with Gasteiger partial charge in [0, 0.05) is 5.56 Å². The summed E-state index contributed by atoms with van der Waals surface area (Å²) in [6.07, 6.45) is 0. The molecule has 1 N–H and O–H groups in total. The van der Waals surface area contributed by atoms with Gasteiger partial charge in [0.25, 0.3) is 0 Å². The van der Waals surface area contributed by atoms with Crippen LogP contribution in [0.3, 0.4) is 0 Å². The van der Waals surface area contributed by atoms with Gasteiger partial charge < -0.3 is 5.11 Å². The third-order valence-electron chi connectivity index (χ3n) is 1.44. The lowest BCUT2D eigenvalue weighted by atomic mass is 10.1. The predicted molar refractivity (Wildman–Crippen MR) is 47.5 cm³/mol. The van der Waals surface area contributed by atoms with Crippen molar-refractivity contribution in [3.05, 3.63) is 30.3 Å². The normalized spacial score (nSPS) is 9.42. The highest BCUT2D eigenvalue weighted by molar-refractivity contribution is 5.71. The van der Waals surface area contributed by atoms with Gasteiger partial charge in [-0.25, -0.2) is 4.39 Å². The lowest BCUT2D eigenvalue weighted by Gasteiger charge is -2.01.